The van der Waals surface area contributed by atoms with Crippen LogP contribution in [0, 0.1) is 18.8 Å². The van der Waals surface area contributed by atoms with Gasteiger partial charge in [-0.25, -0.2) is 4.79 Å². The van der Waals surface area contributed by atoms with Gasteiger partial charge in [0, 0.05) is 17.3 Å². The molecule has 0 aliphatic carbocycles. The highest BCUT2D eigenvalue weighted by atomic mass is 16.4. The monoisotopic (exact) mass is 282 g/mol. The maximum absolute atomic E-state index is 12.1. The summed E-state index contributed by atoms with van der Waals surface area (Å²) in [5.74, 6) is 5.31. The topological polar surface area (TPSA) is 85.3 Å². The van der Waals surface area contributed by atoms with E-state index in [1.54, 1.807) is 6.07 Å². The van der Waals surface area contributed by atoms with Gasteiger partial charge in [-0.15, -0.1) is 0 Å². The molecule has 0 radical (unpaired) electrons. The summed E-state index contributed by atoms with van der Waals surface area (Å²) in [7, 11) is 0. The van der Waals surface area contributed by atoms with Crippen molar-refractivity contribution in [1.82, 2.24) is 0 Å². The Morgan fingerprint density at radius 2 is 2.14 bits per heavy atom. The van der Waals surface area contributed by atoms with Crippen molar-refractivity contribution in [3.63, 3.8) is 0 Å². The number of anilines is 1. The van der Waals surface area contributed by atoms with Crippen molar-refractivity contribution in [2.24, 2.45) is 5.73 Å². The van der Waals surface area contributed by atoms with E-state index in [9.17, 15) is 9.59 Å². The molecule has 0 bridgehead atoms. The summed E-state index contributed by atoms with van der Waals surface area (Å²) in [6, 6.07) is 8.10. The van der Waals surface area contributed by atoms with Crippen LogP contribution in [0.15, 0.2) is 45.8 Å². The highest BCUT2D eigenvalue weighted by molar-refractivity contribution is 6.04. The standard InChI is InChI=1S/C16H14N2O3/c1-11-4-5-12(3-2-8-17)9-14(11)18-16(20)13-6-7-15(19)21-10-13/h4-7,9-10H,8,17H2,1H3,(H,18,20). The van der Waals surface area contributed by atoms with Gasteiger partial charge in [-0.3, -0.25) is 4.79 Å². The third-order valence-electron chi connectivity index (χ3n) is 2.78. The number of hydrogen-bond donors (Lipinski definition) is 2. The van der Waals surface area contributed by atoms with Crippen LogP contribution >= 0.6 is 0 Å². The second kappa shape index (κ2) is 6.55. The van der Waals surface area contributed by atoms with E-state index >= 15 is 0 Å². The summed E-state index contributed by atoms with van der Waals surface area (Å²) in [6.45, 7) is 2.15. The summed E-state index contributed by atoms with van der Waals surface area (Å²) in [4.78, 5) is 23.0. The summed E-state index contributed by atoms with van der Waals surface area (Å²) in [5, 5.41) is 2.76. The van der Waals surface area contributed by atoms with E-state index in [0.717, 1.165) is 17.4 Å². The van der Waals surface area contributed by atoms with Gasteiger partial charge in [0.1, 0.15) is 6.26 Å². The molecule has 0 aliphatic heterocycles. The zero-order chi connectivity index (χ0) is 15.2. The number of hydrogen-bond acceptors (Lipinski definition) is 4. The van der Waals surface area contributed by atoms with Crippen LogP contribution in [0.3, 0.4) is 0 Å². The first kappa shape index (κ1) is 14.6. The Balaban J connectivity index is 2.24. The molecule has 1 aromatic carbocycles. The molecule has 0 unspecified atom stereocenters. The molecule has 1 heterocycles. The van der Waals surface area contributed by atoms with Crippen molar-refractivity contribution in [3.8, 4) is 11.8 Å². The minimum Gasteiger partial charge on any atom is -0.430 e. The van der Waals surface area contributed by atoms with Gasteiger partial charge in [0.15, 0.2) is 0 Å². The Morgan fingerprint density at radius 3 is 2.81 bits per heavy atom. The molecule has 3 N–H and O–H groups in total. The van der Waals surface area contributed by atoms with Crippen LogP contribution < -0.4 is 16.7 Å². The van der Waals surface area contributed by atoms with Crippen molar-refractivity contribution in [1.29, 1.82) is 0 Å². The summed E-state index contributed by atoms with van der Waals surface area (Å²) < 4.78 is 4.67. The van der Waals surface area contributed by atoms with Gasteiger partial charge < -0.3 is 15.5 Å². The lowest BCUT2D eigenvalue weighted by atomic mass is 10.1. The number of amides is 1. The summed E-state index contributed by atoms with van der Waals surface area (Å²) in [5.41, 5.74) is 7.42. The largest absolute Gasteiger partial charge is 0.430 e. The van der Waals surface area contributed by atoms with E-state index < -0.39 is 5.63 Å². The molecule has 2 aromatic rings. The minimum absolute atomic E-state index is 0.271. The maximum Gasteiger partial charge on any atom is 0.335 e. The molecule has 1 amide bonds. The fraction of sp³-hybridized carbons (Fsp3) is 0.125. The Labute approximate surface area is 121 Å². The van der Waals surface area contributed by atoms with E-state index in [2.05, 4.69) is 21.6 Å². The van der Waals surface area contributed by atoms with Gasteiger partial charge in [-0.2, -0.15) is 0 Å². The predicted molar refractivity (Wildman–Crippen MR) is 80.0 cm³/mol. The predicted octanol–water partition coefficient (Wildman–Crippen LogP) is 1.51. The number of nitrogens with two attached hydrogens (primary N) is 1. The molecule has 0 saturated carbocycles. The first-order valence-corrected chi connectivity index (χ1v) is 6.30. The molecular weight excluding hydrogens is 268 g/mol. The SMILES string of the molecule is Cc1ccc(C#CCN)cc1NC(=O)c1ccc(=O)oc1. The Kier molecular flexibility index (Phi) is 4.54. The Hall–Kier alpha value is -2.84. The molecule has 0 aliphatic rings. The van der Waals surface area contributed by atoms with Crippen LogP contribution in [-0.2, 0) is 0 Å². The van der Waals surface area contributed by atoms with Gasteiger partial charge in [-0.1, -0.05) is 17.9 Å². The number of carbonyl (C=O) groups is 1. The molecule has 1 aromatic heterocycles. The highest BCUT2D eigenvalue weighted by Crippen LogP contribution is 2.17. The number of aryl methyl sites for hydroxylation is 1. The smallest absolute Gasteiger partial charge is 0.335 e. The second-order valence-electron chi connectivity index (χ2n) is 4.33. The zero-order valence-corrected chi connectivity index (χ0v) is 11.5. The van der Waals surface area contributed by atoms with Crippen molar-refractivity contribution in [2.45, 2.75) is 6.92 Å². The van der Waals surface area contributed by atoms with Gasteiger partial charge in [0.25, 0.3) is 5.91 Å². The number of benzene rings is 1. The molecule has 5 heteroatoms. The molecule has 5 nitrogen and oxygen atoms in total. The first-order valence-electron chi connectivity index (χ1n) is 6.30. The average molecular weight is 282 g/mol. The van der Waals surface area contributed by atoms with Crippen molar-refractivity contribution in [2.75, 3.05) is 11.9 Å². The van der Waals surface area contributed by atoms with E-state index in [1.165, 1.54) is 12.1 Å². The fourth-order valence-electron chi connectivity index (χ4n) is 1.67. The molecule has 0 atom stereocenters. The molecular formula is C16H14N2O3. The zero-order valence-electron chi connectivity index (χ0n) is 11.5. The van der Waals surface area contributed by atoms with E-state index in [0.29, 0.717) is 5.69 Å². The fourth-order valence-corrected chi connectivity index (χ4v) is 1.67. The Bertz CT molecular complexity index is 762. The molecule has 0 fully saturated rings. The van der Waals surface area contributed by atoms with Crippen LogP contribution in [0.5, 0.6) is 0 Å². The third kappa shape index (κ3) is 3.81. The van der Waals surface area contributed by atoms with Gasteiger partial charge in [0.2, 0.25) is 0 Å². The van der Waals surface area contributed by atoms with Crippen LogP contribution in [0.4, 0.5) is 5.69 Å². The Morgan fingerprint density at radius 1 is 1.33 bits per heavy atom. The normalized spacial score (nSPS) is 9.62. The molecule has 106 valence electrons. The van der Waals surface area contributed by atoms with Crippen LogP contribution in [0.25, 0.3) is 0 Å². The van der Waals surface area contributed by atoms with Gasteiger partial charge in [-0.05, 0) is 30.7 Å². The van der Waals surface area contributed by atoms with E-state index in [4.69, 9.17) is 5.73 Å². The molecule has 0 saturated heterocycles. The maximum atomic E-state index is 12.1. The van der Waals surface area contributed by atoms with Gasteiger partial charge >= 0.3 is 5.63 Å². The lowest BCUT2D eigenvalue weighted by molar-refractivity contribution is 0.102. The molecule has 0 spiro atoms. The molecule has 21 heavy (non-hydrogen) atoms. The highest BCUT2D eigenvalue weighted by Gasteiger charge is 2.09. The minimum atomic E-state index is -0.498. The van der Waals surface area contributed by atoms with Crippen LogP contribution in [0.2, 0.25) is 0 Å². The lowest BCUT2D eigenvalue weighted by Gasteiger charge is -2.08. The van der Waals surface area contributed by atoms with Crippen LogP contribution in [0.1, 0.15) is 21.5 Å². The van der Waals surface area contributed by atoms with Crippen LogP contribution in [-0.4, -0.2) is 12.5 Å². The molecule has 2 rings (SSSR count). The summed E-state index contributed by atoms with van der Waals surface area (Å²) >= 11 is 0. The van der Waals surface area contributed by atoms with Crippen molar-refractivity contribution < 1.29 is 9.21 Å². The van der Waals surface area contributed by atoms with Crippen molar-refractivity contribution >= 4 is 11.6 Å². The van der Waals surface area contributed by atoms with Crippen molar-refractivity contribution in [3.05, 3.63) is 63.7 Å². The second-order valence-corrected chi connectivity index (χ2v) is 4.33. The van der Waals surface area contributed by atoms with Gasteiger partial charge in [0.05, 0.1) is 12.1 Å². The number of carbonyl (C=O) groups excluding carboxylic acids is 1. The summed E-state index contributed by atoms with van der Waals surface area (Å²) in [6.07, 6.45) is 1.13. The van der Waals surface area contributed by atoms with E-state index in [-0.39, 0.29) is 18.0 Å². The average Bonchev–Trinajstić information content (AvgIpc) is 2.48. The first-order chi connectivity index (χ1) is 10.1. The lowest BCUT2D eigenvalue weighted by Crippen LogP contribution is -2.13. The third-order valence-corrected chi connectivity index (χ3v) is 2.78. The quantitative estimate of drug-likeness (QED) is 0.818. The van der Waals surface area contributed by atoms with E-state index in [1.807, 2.05) is 19.1 Å². The number of rotatable bonds is 2. The number of nitrogens with one attached hydrogen (secondary N) is 1.